The highest BCUT2D eigenvalue weighted by atomic mass is 35.5. The van der Waals surface area contributed by atoms with Crippen LogP contribution in [0.25, 0.3) is 0 Å². The first-order chi connectivity index (χ1) is 17.0. The van der Waals surface area contributed by atoms with Gasteiger partial charge in [-0.2, -0.15) is 5.10 Å². The molecule has 0 saturated heterocycles. The summed E-state index contributed by atoms with van der Waals surface area (Å²) in [5, 5.41) is 6.83. The van der Waals surface area contributed by atoms with Crippen molar-refractivity contribution < 1.29 is 19.1 Å². The van der Waals surface area contributed by atoms with Gasteiger partial charge in [-0.1, -0.05) is 54.8 Å². The molecule has 0 N–H and O–H groups in total. The van der Waals surface area contributed by atoms with Crippen LogP contribution >= 0.6 is 11.6 Å². The van der Waals surface area contributed by atoms with Crippen molar-refractivity contribution in [2.75, 3.05) is 33.9 Å². The molecule has 1 unspecified atom stereocenters. The Morgan fingerprint density at radius 2 is 1.80 bits per heavy atom. The van der Waals surface area contributed by atoms with E-state index >= 15 is 0 Å². The molecule has 0 bridgehead atoms. The molecule has 2 aromatic carbocycles. The van der Waals surface area contributed by atoms with Crippen LogP contribution in [0, 0.1) is 5.92 Å². The average molecular weight is 498 g/mol. The zero-order valence-electron chi connectivity index (χ0n) is 20.3. The van der Waals surface area contributed by atoms with Crippen LogP contribution in [0.4, 0.5) is 0 Å². The van der Waals surface area contributed by atoms with Gasteiger partial charge in [-0.25, -0.2) is 5.01 Å². The molecular weight excluding hydrogens is 466 g/mol. The maximum atomic E-state index is 13.6. The predicted molar refractivity (Wildman–Crippen MR) is 136 cm³/mol. The molecule has 0 aromatic heterocycles. The first kappa shape index (κ1) is 25.2. The standard InChI is InChI=1S/C27H32ClN3O4/c1-34-16-15-30(27(33)20-7-3-4-8-20)18-26(32)31-25(19-11-13-21(35-2)14-12-19)17-24(29-31)22-9-5-6-10-23(22)28/h5-6,9-14,20,25H,3-4,7-8,15-18H2,1-2H3. The van der Waals surface area contributed by atoms with Crippen molar-refractivity contribution in [2.45, 2.75) is 38.1 Å². The lowest BCUT2D eigenvalue weighted by molar-refractivity contribution is -0.144. The molecule has 1 heterocycles. The van der Waals surface area contributed by atoms with Gasteiger partial charge in [-0.3, -0.25) is 9.59 Å². The van der Waals surface area contributed by atoms with Gasteiger partial charge in [-0.15, -0.1) is 0 Å². The highest BCUT2D eigenvalue weighted by Gasteiger charge is 2.36. The number of ether oxygens (including phenoxy) is 2. The Morgan fingerprint density at radius 3 is 2.46 bits per heavy atom. The normalized spacial score (nSPS) is 18.0. The monoisotopic (exact) mass is 497 g/mol. The number of amides is 2. The summed E-state index contributed by atoms with van der Waals surface area (Å²) in [4.78, 5) is 28.5. The third kappa shape index (κ3) is 5.85. The molecule has 1 aliphatic carbocycles. The molecule has 1 aliphatic heterocycles. The largest absolute Gasteiger partial charge is 0.497 e. The number of hydrogen-bond acceptors (Lipinski definition) is 5. The quantitative estimate of drug-likeness (QED) is 0.504. The summed E-state index contributed by atoms with van der Waals surface area (Å²) in [6.07, 6.45) is 4.39. The Balaban J connectivity index is 1.61. The second-order valence-electron chi connectivity index (χ2n) is 8.99. The van der Waals surface area contributed by atoms with Crippen LogP contribution < -0.4 is 4.74 Å². The highest BCUT2D eigenvalue weighted by molar-refractivity contribution is 6.34. The van der Waals surface area contributed by atoms with E-state index in [0.717, 1.165) is 48.3 Å². The molecule has 0 spiro atoms. The van der Waals surface area contributed by atoms with Gasteiger partial charge in [0, 0.05) is 36.6 Å². The third-order valence-corrected chi connectivity index (χ3v) is 7.09. The van der Waals surface area contributed by atoms with E-state index in [-0.39, 0.29) is 30.3 Å². The Kier molecular flexibility index (Phi) is 8.42. The van der Waals surface area contributed by atoms with Crippen LogP contribution in [0.5, 0.6) is 5.75 Å². The number of halogens is 1. The van der Waals surface area contributed by atoms with Crippen molar-refractivity contribution >= 4 is 29.1 Å². The predicted octanol–water partition coefficient (Wildman–Crippen LogP) is 4.69. The minimum absolute atomic E-state index is 0.0159. The van der Waals surface area contributed by atoms with Gasteiger partial charge in [0.25, 0.3) is 5.91 Å². The molecule has 2 amide bonds. The molecule has 1 atom stereocenters. The number of methoxy groups -OCH3 is 2. The minimum Gasteiger partial charge on any atom is -0.497 e. The molecule has 2 aromatic rings. The van der Waals surface area contributed by atoms with E-state index < -0.39 is 0 Å². The van der Waals surface area contributed by atoms with E-state index in [1.807, 2.05) is 48.5 Å². The fraction of sp³-hybridized carbons (Fsp3) is 0.444. The number of nitrogens with zero attached hydrogens (tertiary/aromatic N) is 3. The third-order valence-electron chi connectivity index (χ3n) is 6.76. The van der Waals surface area contributed by atoms with E-state index in [9.17, 15) is 9.59 Å². The molecule has 186 valence electrons. The van der Waals surface area contributed by atoms with E-state index in [0.29, 0.717) is 24.6 Å². The van der Waals surface area contributed by atoms with E-state index in [1.165, 1.54) is 5.01 Å². The fourth-order valence-electron chi connectivity index (χ4n) is 4.82. The molecule has 1 saturated carbocycles. The topological polar surface area (TPSA) is 71.4 Å². The number of benzene rings is 2. The lowest BCUT2D eigenvalue weighted by Gasteiger charge is -2.28. The summed E-state index contributed by atoms with van der Waals surface area (Å²) in [5.74, 6) is 0.529. The van der Waals surface area contributed by atoms with Crippen molar-refractivity contribution in [1.29, 1.82) is 0 Å². The first-order valence-corrected chi connectivity index (χ1v) is 12.5. The zero-order valence-corrected chi connectivity index (χ0v) is 21.0. The summed E-state index contributed by atoms with van der Waals surface area (Å²) in [6.45, 7) is 0.714. The average Bonchev–Trinajstić information content (AvgIpc) is 3.57. The molecule has 4 rings (SSSR count). The van der Waals surface area contributed by atoms with Crippen LogP contribution in [-0.2, 0) is 14.3 Å². The lowest BCUT2D eigenvalue weighted by Crippen LogP contribution is -2.44. The molecule has 2 aliphatic rings. The van der Waals surface area contributed by atoms with Gasteiger partial charge in [0.15, 0.2) is 0 Å². The number of carbonyl (C=O) groups excluding carboxylic acids is 2. The van der Waals surface area contributed by atoms with E-state index in [2.05, 4.69) is 0 Å². The van der Waals surface area contributed by atoms with Gasteiger partial charge in [0.2, 0.25) is 5.91 Å². The van der Waals surface area contributed by atoms with Crippen LogP contribution in [0.2, 0.25) is 5.02 Å². The zero-order chi connectivity index (χ0) is 24.8. The van der Waals surface area contributed by atoms with Crippen LogP contribution in [-0.4, -0.2) is 61.4 Å². The van der Waals surface area contributed by atoms with Crippen LogP contribution in [0.1, 0.15) is 49.3 Å². The number of carbonyl (C=O) groups is 2. The van der Waals surface area contributed by atoms with Gasteiger partial charge in [-0.05, 0) is 36.6 Å². The maximum Gasteiger partial charge on any atom is 0.262 e. The Hall–Kier alpha value is -2.90. The second kappa shape index (κ2) is 11.7. The van der Waals surface area contributed by atoms with Gasteiger partial charge in [0.1, 0.15) is 12.3 Å². The molecule has 1 fully saturated rings. The molecule has 7 nitrogen and oxygen atoms in total. The highest BCUT2D eigenvalue weighted by Crippen LogP contribution is 2.35. The summed E-state index contributed by atoms with van der Waals surface area (Å²) in [5.41, 5.74) is 2.49. The molecule has 0 radical (unpaired) electrons. The Bertz CT molecular complexity index is 1070. The summed E-state index contributed by atoms with van der Waals surface area (Å²) >= 11 is 6.45. The fourth-order valence-corrected chi connectivity index (χ4v) is 5.06. The smallest absolute Gasteiger partial charge is 0.262 e. The van der Waals surface area contributed by atoms with Crippen molar-refractivity contribution in [3.63, 3.8) is 0 Å². The molecule has 8 heteroatoms. The molecular formula is C27H32ClN3O4. The van der Waals surface area contributed by atoms with Crippen LogP contribution in [0.15, 0.2) is 53.6 Å². The van der Waals surface area contributed by atoms with E-state index in [4.69, 9.17) is 26.2 Å². The van der Waals surface area contributed by atoms with Gasteiger partial charge in [0.05, 0.1) is 25.5 Å². The summed E-state index contributed by atoms with van der Waals surface area (Å²) in [7, 11) is 3.22. The number of hydrogen-bond donors (Lipinski definition) is 0. The van der Waals surface area contributed by atoms with Crippen molar-refractivity contribution in [2.24, 2.45) is 11.0 Å². The summed E-state index contributed by atoms with van der Waals surface area (Å²) in [6, 6.07) is 14.8. The van der Waals surface area contributed by atoms with Crippen molar-refractivity contribution in [1.82, 2.24) is 9.91 Å². The second-order valence-corrected chi connectivity index (χ2v) is 9.40. The molecule has 35 heavy (non-hydrogen) atoms. The van der Waals surface area contributed by atoms with Crippen LogP contribution in [0.3, 0.4) is 0 Å². The lowest BCUT2D eigenvalue weighted by atomic mass is 9.98. The minimum atomic E-state index is -0.300. The Morgan fingerprint density at radius 1 is 1.09 bits per heavy atom. The SMILES string of the molecule is COCCN(CC(=O)N1N=C(c2ccccc2Cl)CC1c1ccc(OC)cc1)C(=O)C1CCCC1. The maximum absolute atomic E-state index is 13.6. The number of rotatable bonds is 9. The summed E-state index contributed by atoms with van der Waals surface area (Å²) < 4.78 is 10.5. The van der Waals surface area contributed by atoms with Gasteiger partial charge >= 0.3 is 0 Å². The van der Waals surface area contributed by atoms with Crippen molar-refractivity contribution in [3.05, 3.63) is 64.7 Å². The number of hydrazone groups is 1. The van der Waals surface area contributed by atoms with Gasteiger partial charge < -0.3 is 14.4 Å². The Labute approximate surface area is 211 Å². The van der Waals surface area contributed by atoms with Crippen molar-refractivity contribution in [3.8, 4) is 5.75 Å². The van der Waals surface area contributed by atoms with E-state index in [1.54, 1.807) is 19.1 Å². The first-order valence-electron chi connectivity index (χ1n) is 12.1.